The number of sulfonamides is 1. The Labute approximate surface area is 251 Å². The highest BCUT2D eigenvalue weighted by atomic mass is 32.2. The fourth-order valence-corrected chi connectivity index (χ4v) is 5.52. The second-order valence-corrected chi connectivity index (χ2v) is 11.3. The fraction of sp³-hybridized carbons (Fsp3) is 0.194. The smallest absolute Gasteiger partial charge is 0.416 e. The van der Waals surface area contributed by atoms with Gasteiger partial charge in [-0.15, -0.1) is 0 Å². The van der Waals surface area contributed by atoms with E-state index in [1.807, 2.05) is 0 Å². The van der Waals surface area contributed by atoms with Gasteiger partial charge in [0.25, 0.3) is 10.0 Å². The molecule has 0 aliphatic heterocycles. The van der Waals surface area contributed by atoms with E-state index in [2.05, 4.69) is 5.32 Å². The normalized spacial score (nSPS) is 11.5. The molecule has 0 aliphatic rings. The Morgan fingerprint density at radius 3 is 2.14 bits per heavy atom. The zero-order chi connectivity index (χ0) is 31.9. The van der Waals surface area contributed by atoms with Crippen molar-refractivity contribution < 1.29 is 45.0 Å². The minimum Gasteiger partial charge on any atom is -0.493 e. The second kappa shape index (κ2) is 13.7. The molecule has 0 spiro atoms. The lowest BCUT2D eigenvalue weighted by atomic mass is 10.2. The van der Waals surface area contributed by atoms with Gasteiger partial charge >= 0.3 is 6.18 Å². The van der Waals surface area contributed by atoms with Gasteiger partial charge in [-0.2, -0.15) is 13.2 Å². The third kappa shape index (κ3) is 7.98. The molecule has 4 rings (SSSR count). The summed E-state index contributed by atoms with van der Waals surface area (Å²) >= 11 is 0. The Hall–Kier alpha value is -4.78. The number of nitrogens with zero attached hydrogens (tertiary/aromatic N) is 1. The van der Waals surface area contributed by atoms with Crippen molar-refractivity contribution in [3.8, 4) is 17.2 Å². The average Bonchev–Trinajstić information content (AvgIpc) is 3.02. The first-order chi connectivity index (χ1) is 20.9. The lowest BCUT2D eigenvalue weighted by Gasteiger charge is -2.25. The van der Waals surface area contributed by atoms with Crippen LogP contribution < -0.4 is 23.8 Å². The number of benzene rings is 4. The molecule has 0 fully saturated rings. The molecule has 4 aromatic rings. The fourth-order valence-electron chi connectivity index (χ4n) is 4.09. The lowest BCUT2D eigenvalue weighted by Crippen LogP contribution is -2.40. The maximum atomic E-state index is 13.7. The molecule has 0 heterocycles. The van der Waals surface area contributed by atoms with Crippen molar-refractivity contribution in [3.05, 3.63) is 114 Å². The van der Waals surface area contributed by atoms with E-state index >= 15 is 0 Å². The third-order valence-corrected chi connectivity index (χ3v) is 8.19. The van der Waals surface area contributed by atoms with Crippen LogP contribution in [0.3, 0.4) is 0 Å². The lowest BCUT2D eigenvalue weighted by molar-refractivity contribution is -0.137. The summed E-state index contributed by atoms with van der Waals surface area (Å²) < 4.78 is 97.6. The van der Waals surface area contributed by atoms with E-state index < -0.39 is 34.2 Å². The Bertz CT molecular complexity index is 1700. The van der Waals surface area contributed by atoms with E-state index in [-0.39, 0.29) is 41.1 Å². The van der Waals surface area contributed by atoms with Crippen molar-refractivity contribution in [2.24, 2.45) is 0 Å². The van der Waals surface area contributed by atoms with E-state index in [0.717, 1.165) is 23.8 Å². The number of carbonyl (C=O) groups is 1. The van der Waals surface area contributed by atoms with Crippen LogP contribution in [0.5, 0.6) is 17.2 Å². The molecule has 0 saturated heterocycles. The van der Waals surface area contributed by atoms with Crippen LogP contribution in [0.15, 0.2) is 95.9 Å². The van der Waals surface area contributed by atoms with Gasteiger partial charge < -0.3 is 19.5 Å². The zero-order valence-corrected chi connectivity index (χ0v) is 24.4. The van der Waals surface area contributed by atoms with Crippen molar-refractivity contribution in [1.82, 2.24) is 5.32 Å². The molecule has 8 nitrogen and oxygen atoms in total. The highest BCUT2D eigenvalue weighted by Gasteiger charge is 2.33. The maximum Gasteiger partial charge on any atom is 0.416 e. The van der Waals surface area contributed by atoms with Gasteiger partial charge in [0.1, 0.15) is 24.7 Å². The van der Waals surface area contributed by atoms with Crippen molar-refractivity contribution in [1.29, 1.82) is 0 Å². The summed E-state index contributed by atoms with van der Waals surface area (Å²) in [7, 11) is -1.89. The first-order valence-corrected chi connectivity index (χ1v) is 14.5. The van der Waals surface area contributed by atoms with E-state index in [9.17, 15) is 30.8 Å². The first-order valence-electron chi connectivity index (χ1n) is 13.1. The molecule has 0 bridgehead atoms. The molecule has 232 valence electrons. The molecule has 0 radical (unpaired) electrons. The number of hydrogen-bond acceptors (Lipinski definition) is 6. The second-order valence-electron chi connectivity index (χ2n) is 9.41. The first kappa shape index (κ1) is 32.1. The number of hydrogen-bond donors (Lipinski definition) is 1. The van der Waals surface area contributed by atoms with Gasteiger partial charge in [-0.05, 0) is 65.7 Å². The zero-order valence-electron chi connectivity index (χ0n) is 23.6. The Morgan fingerprint density at radius 1 is 0.841 bits per heavy atom. The molecule has 0 aliphatic carbocycles. The molecule has 1 amide bonds. The summed E-state index contributed by atoms with van der Waals surface area (Å²) in [4.78, 5) is 12.7. The monoisotopic (exact) mass is 632 g/mol. The van der Waals surface area contributed by atoms with E-state index in [0.29, 0.717) is 21.7 Å². The number of halogens is 4. The Morgan fingerprint density at radius 2 is 1.50 bits per heavy atom. The van der Waals surface area contributed by atoms with Crippen molar-refractivity contribution in [3.63, 3.8) is 0 Å². The van der Waals surface area contributed by atoms with Crippen LogP contribution in [0.2, 0.25) is 0 Å². The third-order valence-electron chi connectivity index (χ3n) is 6.42. The Balaban J connectivity index is 1.51. The van der Waals surface area contributed by atoms with Crippen molar-refractivity contribution in [2.45, 2.75) is 24.2 Å². The predicted molar refractivity (Wildman–Crippen MR) is 155 cm³/mol. The highest BCUT2D eigenvalue weighted by Crippen LogP contribution is 2.35. The predicted octanol–water partition coefficient (Wildman–Crippen LogP) is 5.95. The van der Waals surface area contributed by atoms with Crippen molar-refractivity contribution >= 4 is 21.6 Å². The summed E-state index contributed by atoms with van der Waals surface area (Å²) in [6, 6.07) is 20.0. The van der Waals surface area contributed by atoms with Gasteiger partial charge in [-0.3, -0.25) is 9.10 Å². The van der Waals surface area contributed by atoms with E-state index in [4.69, 9.17) is 14.2 Å². The molecular weight excluding hydrogens is 604 g/mol. The van der Waals surface area contributed by atoms with Crippen LogP contribution in [0.25, 0.3) is 0 Å². The van der Waals surface area contributed by atoms with Gasteiger partial charge in [0, 0.05) is 12.6 Å². The molecule has 0 aromatic heterocycles. The number of ether oxygens (including phenoxy) is 3. The number of methoxy groups -OCH3 is 2. The number of rotatable bonds is 12. The quantitative estimate of drug-likeness (QED) is 0.194. The average molecular weight is 633 g/mol. The van der Waals surface area contributed by atoms with Crippen LogP contribution in [0, 0.1) is 5.82 Å². The summed E-state index contributed by atoms with van der Waals surface area (Å²) in [5.41, 5.74) is -0.00554. The molecule has 4 aromatic carbocycles. The van der Waals surface area contributed by atoms with E-state index in [1.165, 1.54) is 44.6 Å². The minimum atomic E-state index is -4.74. The molecule has 1 N–H and O–H groups in total. The molecule has 13 heteroatoms. The summed E-state index contributed by atoms with van der Waals surface area (Å²) in [5.74, 6) is -0.269. The highest BCUT2D eigenvalue weighted by molar-refractivity contribution is 7.92. The number of carbonyl (C=O) groups excluding carboxylic acids is 1. The van der Waals surface area contributed by atoms with Gasteiger partial charge in [0.15, 0.2) is 11.5 Å². The summed E-state index contributed by atoms with van der Waals surface area (Å²) in [5, 5.41) is 2.60. The minimum absolute atomic E-state index is 0.00388. The van der Waals surface area contributed by atoms with Crippen LogP contribution in [-0.4, -0.2) is 35.1 Å². The van der Waals surface area contributed by atoms with Crippen molar-refractivity contribution in [2.75, 3.05) is 25.1 Å². The van der Waals surface area contributed by atoms with Crippen LogP contribution in [0.1, 0.15) is 16.7 Å². The number of anilines is 1. The van der Waals surface area contributed by atoms with Gasteiger partial charge in [-0.1, -0.05) is 30.3 Å². The van der Waals surface area contributed by atoms with E-state index in [1.54, 1.807) is 36.4 Å². The topological polar surface area (TPSA) is 94.2 Å². The summed E-state index contributed by atoms with van der Waals surface area (Å²) in [6.45, 7) is -0.586. The summed E-state index contributed by atoms with van der Waals surface area (Å²) in [6.07, 6.45) is -4.74. The standard InChI is InChI=1S/C31H28F4N2O6S/c1-41-28-15-14-27(17-29(28)42-2)44(39,40)37(25-5-3-4-23(16-25)31(33,34)35)19-30(38)36-18-21-8-12-26(13-9-21)43-20-22-6-10-24(32)11-7-22/h3-17H,18-20H2,1-2H3,(H,36,38). The molecule has 0 saturated carbocycles. The largest absolute Gasteiger partial charge is 0.493 e. The molecule has 0 atom stereocenters. The van der Waals surface area contributed by atoms with Gasteiger partial charge in [0.05, 0.1) is 30.4 Å². The SMILES string of the molecule is COc1ccc(S(=O)(=O)N(CC(=O)NCc2ccc(OCc3ccc(F)cc3)cc2)c2cccc(C(F)(F)F)c2)cc1OC. The van der Waals surface area contributed by atoms with Crippen LogP contribution in [0.4, 0.5) is 23.2 Å². The number of amides is 1. The van der Waals surface area contributed by atoms with Crippen LogP contribution in [-0.2, 0) is 34.1 Å². The molecular formula is C31H28F4N2O6S. The Kier molecular flexibility index (Phi) is 9.99. The molecule has 0 unspecified atom stereocenters. The van der Waals surface area contributed by atoms with Gasteiger partial charge in [0.2, 0.25) is 5.91 Å². The molecule has 44 heavy (non-hydrogen) atoms. The van der Waals surface area contributed by atoms with Gasteiger partial charge in [-0.25, -0.2) is 12.8 Å². The van der Waals surface area contributed by atoms with Crippen LogP contribution >= 0.6 is 0 Å². The maximum absolute atomic E-state index is 13.7. The number of alkyl halides is 3. The number of nitrogens with one attached hydrogen (secondary N) is 1.